The molecule has 0 radical (unpaired) electrons. The van der Waals surface area contributed by atoms with Gasteiger partial charge in [-0.3, -0.25) is 9.69 Å². The maximum Gasteiger partial charge on any atom is 0.241 e. The van der Waals surface area contributed by atoms with Crippen LogP contribution >= 0.6 is 27.7 Å². The summed E-state index contributed by atoms with van der Waals surface area (Å²) in [5, 5.41) is -0.0506. The summed E-state index contributed by atoms with van der Waals surface area (Å²) < 4.78 is 6.21. The summed E-state index contributed by atoms with van der Waals surface area (Å²) in [6.07, 6.45) is 0. The van der Waals surface area contributed by atoms with Crippen LogP contribution < -0.4 is 9.64 Å². The number of ether oxygens (including phenoxy) is 1. The molecule has 2 atom stereocenters. The lowest BCUT2D eigenvalue weighted by Gasteiger charge is -2.24. The van der Waals surface area contributed by atoms with E-state index in [1.54, 1.807) is 18.9 Å². The first-order chi connectivity index (χ1) is 10.6. The van der Waals surface area contributed by atoms with Gasteiger partial charge in [-0.05, 0) is 48.9 Å². The molecule has 2 aromatic rings. The van der Waals surface area contributed by atoms with Gasteiger partial charge in [0, 0.05) is 10.2 Å². The van der Waals surface area contributed by atoms with Gasteiger partial charge in [0.2, 0.25) is 5.91 Å². The average molecular weight is 378 g/mol. The lowest BCUT2D eigenvalue weighted by molar-refractivity contribution is -0.117. The van der Waals surface area contributed by atoms with Crippen LogP contribution in [0.4, 0.5) is 5.69 Å². The second kappa shape index (κ2) is 6.34. The van der Waals surface area contributed by atoms with Crippen LogP contribution in [0.3, 0.4) is 0 Å². The molecule has 1 aliphatic heterocycles. The van der Waals surface area contributed by atoms with Gasteiger partial charge in [-0.1, -0.05) is 28.1 Å². The van der Waals surface area contributed by atoms with Crippen molar-refractivity contribution in [3.63, 3.8) is 0 Å². The quantitative estimate of drug-likeness (QED) is 0.780. The highest BCUT2D eigenvalue weighted by Crippen LogP contribution is 2.45. The number of halogens is 1. The first-order valence-corrected chi connectivity index (χ1v) is 8.72. The van der Waals surface area contributed by atoms with Crippen molar-refractivity contribution in [1.82, 2.24) is 0 Å². The monoisotopic (exact) mass is 377 g/mol. The first kappa shape index (κ1) is 15.4. The predicted molar refractivity (Wildman–Crippen MR) is 94.4 cm³/mol. The largest absolute Gasteiger partial charge is 0.497 e. The Kier molecular flexibility index (Phi) is 4.45. The molecule has 3 rings (SSSR count). The number of thioether (sulfide) groups is 1. The van der Waals surface area contributed by atoms with Crippen LogP contribution in [-0.2, 0) is 4.79 Å². The topological polar surface area (TPSA) is 29.5 Å². The molecule has 114 valence electrons. The summed E-state index contributed by atoms with van der Waals surface area (Å²) in [6.45, 7) is 1.96. The number of anilines is 1. The highest BCUT2D eigenvalue weighted by molar-refractivity contribution is 9.10. The first-order valence-electron chi connectivity index (χ1n) is 6.98. The second-order valence-electron chi connectivity index (χ2n) is 5.09. The Bertz CT molecular complexity index is 672. The summed E-state index contributed by atoms with van der Waals surface area (Å²) in [5.74, 6) is 0.967. The Balaban J connectivity index is 1.97. The molecular formula is C17H16BrNO2S. The molecule has 0 N–H and O–H groups in total. The number of hydrogen-bond donors (Lipinski definition) is 0. The fourth-order valence-electron chi connectivity index (χ4n) is 2.48. The van der Waals surface area contributed by atoms with Crippen molar-refractivity contribution in [3.8, 4) is 5.75 Å². The number of rotatable bonds is 3. The molecular weight excluding hydrogens is 362 g/mol. The summed E-state index contributed by atoms with van der Waals surface area (Å²) in [5.41, 5.74) is 2.03. The zero-order valence-corrected chi connectivity index (χ0v) is 14.7. The number of amides is 1. The van der Waals surface area contributed by atoms with Gasteiger partial charge in [0.25, 0.3) is 0 Å². The van der Waals surface area contributed by atoms with Crippen molar-refractivity contribution in [2.24, 2.45) is 0 Å². The van der Waals surface area contributed by atoms with Gasteiger partial charge in [-0.2, -0.15) is 0 Å². The van der Waals surface area contributed by atoms with Crippen LogP contribution in [0.5, 0.6) is 5.75 Å². The van der Waals surface area contributed by atoms with E-state index >= 15 is 0 Å². The maximum absolute atomic E-state index is 12.6. The molecule has 1 aliphatic rings. The van der Waals surface area contributed by atoms with Crippen LogP contribution in [-0.4, -0.2) is 18.3 Å². The van der Waals surface area contributed by atoms with Crippen molar-refractivity contribution in [1.29, 1.82) is 0 Å². The molecule has 0 aromatic heterocycles. The molecule has 2 aromatic carbocycles. The zero-order chi connectivity index (χ0) is 15.7. The van der Waals surface area contributed by atoms with E-state index in [-0.39, 0.29) is 16.5 Å². The Morgan fingerprint density at radius 1 is 1.09 bits per heavy atom. The fourth-order valence-corrected chi connectivity index (χ4v) is 4.03. The zero-order valence-electron chi connectivity index (χ0n) is 12.3. The van der Waals surface area contributed by atoms with Gasteiger partial charge >= 0.3 is 0 Å². The van der Waals surface area contributed by atoms with E-state index in [0.29, 0.717) is 0 Å². The smallest absolute Gasteiger partial charge is 0.241 e. The lowest BCUT2D eigenvalue weighted by Crippen LogP contribution is -2.30. The van der Waals surface area contributed by atoms with Crippen LogP contribution in [0.25, 0.3) is 0 Å². The molecule has 1 heterocycles. The van der Waals surface area contributed by atoms with Crippen LogP contribution in [0, 0.1) is 0 Å². The average Bonchev–Trinajstić information content (AvgIpc) is 2.84. The minimum absolute atomic E-state index is 0.00502. The number of hydrogen-bond acceptors (Lipinski definition) is 3. The Morgan fingerprint density at radius 2 is 1.73 bits per heavy atom. The minimum atomic E-state index is -0.0456. The number of carbonyl (C=O) groups excluding carboxylic acids is 1. The molecule has 3 nitrogen and oxygen atoms in total. The third-order valence-electron chi connectivity index (χ3n) is 3.66. The third-order valence-corrected chi connectivity index (χ3v) is 5.54. The number of benzene rings is 2. The summed E-state index contributed by atoms with van der Waals surface area (Å²) in [7, 11) is 1.65. The van der Waals surface area contributed by atoms with Crippen molar-refractivity contribution < 1.29 is 9.53 Å². The van der Waals surface area contributed by atoms with Gasteiger partial charge in [0.1, 0.15) is 11.1 Å². The molecule has 1 saturated heterocycles. The third kappa shape index (κ3) is 2.88. The van der Waals surface area contributed by atoms with Crippen molar-refractivity contribution in [2.45, 2.75) is 17.5 Å². The molecule has 0 aliphatic carbocycles. The van der Waals surface area contributed by atoms with E-state index < -0.39 is 0 Å². The van der Waals surface area contributed by atoms with Crippen LogP contribution in [0.15, 0.2) is 53.0 Å². The fraction of sp³-hybridized carbons (Fsp3) is 0.235. The van der Waals surface area contributed by atoms with Gasteiger partial charge < -0.3 is 4.74 Å². The van der Waals surface area contributed by atoms with Gasteiger partial charge in [-0.25, -0.2) is 0 Å². The Hall–Kier alpha value is -1.46. The number of carbonyl (C=O) groups is 1. The standard InChI is InChI=1S/C17H16BrNO2S/c1-11-16(20)19(14-7-5-13(18)6-8-14)17(22-11)12-3-9-15(21-2)10-4-12/h3-11,17H,1-2H3. The summed E-state index contributed by atoms with van der Waals surface area (Å²) >= 11 is 5.11. The lowest BCUT2D eigenvalue weighted by atomic mass is 10.1. The molecule has 0 spiro atoms. The van der Waals surface area contributed by atoms with E-state index in [1.807, 2.05) is 60.4 Å². The molecule has 5 heteroatoms. The normalized spacial score (nSPS) is 21.2. The molecule has 1 fully saturated rings. The van der Waals surface area contributed by atoms with Crippen molar-refractivity contribution in [2.75, 3.05) is 12.0 Å². The van der Waals surface area contributed by atoms with Gasteiger partial charge in [-0.15, -0.1) is 11.8 Å². The second-order valence-corrected chi connectivity index (χ2v) is 7.43. The molecule has 0 saturated carbocycles. The van der Waals surface area contributed by atoms with Crippen LogP contribution in [0.1, 0.15) is 17.9 Å². The Labute approximate surface area is 142 Å². The van der Waals surface area contributed by atoms with E-state index in [4.69, 9.17) is 4.74 Å². The SMILES string of the molecule is COc1ccc(C2SC(C)C(=O)N2c2ccc(Br)cc2)cc1. The maximum atomic E-state index is 12.6. The van der Waals surface area contributed by atoms with E-state index in [9.17, 15) is 4.79 Å². The highest BCUT2D eigenvalue weighted by atomic mass is 79.9. The highest BCUT2D eigenvalue weighted by Gasteiger charge is 2.39. The van der Waals surface area contributed by atoms with E-state index in [2.05, 4.69) is 15.9 Å². The minimum Gasteiger partial charge on any atom is -0.497 e. The van der Waals surface area contributed by atoms with Crippen LogP contribution in [0.2, 0.25) is 0 Å². The predicted octanol–water partition coefficient (Wildman–Crippen LogP) is 4.62. The number of nitrogens with zero attached hydrogens (tertiary/aromatic N) is 1. The van der Waals surface area contributed by atoms with Crippen molar-refractivity contribution >= 4 is 39.3 Å². The van der Waals surface area contributed by atoms with Gasteiger partial charge in [0.05, 0.1) is 12.4 Å². The molecule has 22 heavy (non-hydrogen) atoms. The summed E-state index contributed by atoms with van der Waals surface area (Å²) in [6, 6.07) is 15.8. The summed E-state index contributed by atoms with van der Waals surface area (Å²) in [4.78, 5) is 14.4. The Morgan fingerprint density at radius 3 is 2.32 bits per heavy atom. The van der Waals surface area contributed by atoms with Gasteiger partial charge in [0.15, 0.2) is 0 Å². The van der Waals surface area contributed by atoms with Crippen molar-refractivity contribution in [3.05, 3.63) is 58.6 Å². The van der Waals surface area contributed by atoms with E-state index in [0.717, 1.165) is 21.5 Å². The molecule has 2 unspecified atom stereocenters. The molecule has 0 bridgehead atoms. The number of methoxy groups -OCH3 is 1. The van der Waals surface area contributed by atoms with E-state index in [1.165, 1.54) is 0 Å². The molecule has 1 amide bonds.